The molecular weight excluding hydrogens is 299 g/mol. The van der Waals surface area contributed by atoms with Crippen LogP contribution < -0.4 is 11.1 Å². The number of rotatable bonds is 2. The molecule has 2 rings (SSSR count). The number of hydrogen-bond acceptors (Lipinski definition) is 3. The van der Waals surface area contributed by atoms with Crippen molar-refractivity contribution in [3.8, 4) is 0 Å². The van der Waals surface area contributed by atoms with E-state index < -0.39 is 11.7 Å². The van der Waals surface area contributed by atoms with Crippen molar-refractivity contribution in [2.75, 3.05) is 11.1 Å². The molecule has 17 heavy (non-hydrogen) atoms. The van der Waals surface area contributed by atoms with Gasteiger partial charge in [0.1, 0.15) is 11.4 Å². The third-order valence-corrected chi connectivity index (χ3v) is 3.92. The van der Waals surface area contributed by atoms with Gasteiger partial charge in [-0.3, -0.25) is 0 Å². The Morgan fingerprint density at radius 1 is 1.47 bits per heavy atom. The Morgan fingerprint density at radius 2 is 2.06 bits per heavy atom. The Labute approximate surface area is 105 Å². The Hall–Kier alpha value is -0.980. The summed E-state index contributed by atoms with van der Waals surface area (Å²) in [6, 6.07) is 0. The minimum Gasteiger partial charge on any atom is -0.397 e. The first kappa shape index (κ1) is 12.5. The fourth-order valence-electron chi connectivity index (χ4n) is 1.51. The van der Waals surface area contributed by atoms with Crippen molar-refractivity contribution in [3.63, 3.8) is 0 Å². The van der Waals surface area contributed by atoms with E-state index in [1.807, 2.05) is 0 Å². The van der Waals surface area contributed by atoms with Gasteiger partial charge in [-0.2, -0.15) is 13.2 Å². The normalized spacial score (nSPS) is 17.9. The lowest BCUT2D eigenvalue weighted by Gasteiger charge is -2.22. The number of nitrogens with zero attached hydrogens (tertiary/aromatic N) is 1. The highest BCUT2D eigenvalue weighted by Gasteiger charge is 2.63. The van der Waals surface area contributed by atoms with E-state index in [0.717, 1.165) is 0 Å². The average molecular weight is 310 g/mol. The van der Waals surface area contributed by atoms with Crippen molar-refractivity contribution in [2.45, 2.75) is 31.5 Å². The molecule has 1 aromatic heterocycles. The number of pyridine rings is 1. The van der Waals surface area contributed by atoms with E-state index in [1.165, 1.54) is 6.20 Å². The average Bonchev–Trinajstić information content (AvgIpc) is 2.99. The van der Waals surface area contributed by atoms with E-state index >= 15 is 0 Å². The lowest BCUT2D eigenvalue weighted by atomic mass is 10.2. The van der Waals surface area contributed by atoms with Gasteiger partial charge in [0, 0.05) is 0 Å². The summed E-state index contributed by atoms with van der Waals surface area (Å²) in [6.07, 6.45) is -2.75. The second kappa shape index (κ2) is 3.76. The minimum absolute atomic E-state index is 0.0774. The van der Waals surface area contributed by atoms with Crippen LogP contribution in [-0.4, -0.2) is 16.7 Å². The third-order valence-electron chi connectivity index (χ3n) is 2.95. The zero-order valence-corrected chi connectivity index (χ0v) is 10.6. The van der Waals surface area contributed by atoms with Gasteiger partial charge in [-0.15, -0.1) is 0 Å². The molecule has 94 valence electrons. The number of aromatic nitrogens is 1. The number of hydrogen-bond donors (Lipinski definition) is 2. The van der Waals surface area contributed by atoms with Crippen molar-refractivity contribution in [1.29, 1.82) is 0 Å². The van der Waals surface area contributed by atoms with E-state index in [9.17, 15) is 13.2 Å². The van der Waals surface area contributed by atoms with Gasteiger partial charge in [0.25, 0.3) is 0 Å². The molecule has 0 amide bonds. The number of alkyl halides is 3. The van der Waals surface area contributed by atoms with Gasteiger partial charge in [0.2, 0.25) is 0 Å². The SMILES string of the molecule is Cc1c(N)cnc(NC2(C(F)(F)F)CC2)c1Br. The summed E-state index contributed by atoms with van der Waals surface area (Å²) < 4.78 is 38.8. The molecular formula is C10H11BrF3N3. The summed E-state index contributed by atoms with van der Waals surface area (Å²) in [4.78, 5) is 3.89. The molecule has 1 aliphatic carbocycles. The van der Waals surface area contributed by atoms with Gasteiger partial charge >= 0.3 is 6.18 Å². The zero-order valence-electron chi connectivity index (χ0n) is 9.03. The summed E-state index contributed by atoms with van der Waals surface area (Å²) >= 11 is 3.21. The summed E-state index contributed by atoms with van der Waals surface area (Å²) in [5.41, 5.74) is 4.92. The van der Waals surface area contributed by atoms with Crippen LogP contribution in [0.25, 0.3) is 0 Å². The maximum Gasteiger partial charge on any atom is 0.411 e. The molecule has 0 unspecified atom stereocenters. The van der Waals surface area contributed by atoms with E-state index in [0.29, 0.717) is 15.7 Å². The fourth-order valence-corrected chi connectivity index (χ4v) is 1.94. The zero-order chi connectivity index (χ0) is 12.8. The smallest absolute Gasteiger partial charge is 0.397 e. The van der Waals surface area contributed by atoms with E-state index in [4.69, 9.17) is 5.73 Å². The van der Waals surface area contributed by atoms with Gasteiger partial charge in [0.15, 0.2) is 0 Å². The van der Waals surface area contributed by atoms with Gasteiger partial charge in [-0.05, 0) is 41.3 Å². The number of anilines is 2. The quantitative estimate of drug-likeness (QED) is 0.881. The molecule has 0 atom stereocenters. The second-order valence-corrected chi connectivity index (χ2v) is 5.00. The highest BCUT2D eigenvalue weighted by atomic mass is 79.9. The fraction of sp³-hybridized carbons (Fsp3) is 0.500. The molecule has 1 saturated carbocycles. The lowest BCUT2D eigenvalue weighted by molar-refractivity contribution is -0.151. The maximum atomic E-state index is 12.8. The Kier molecular flexibility index (Phi) is 2.76. The Bertz CT molecular complexity index is 455. The molecule has 0 aromatic carbocycles. The highest BCUT2D eigenvalue weighted by Crippen LogP contribution is 2.51. The lowest BCUT2D eigenvalue weighted by Crippen LogP contribution is -2.39. The molecule has 1 heterocycles. The Morgan fingerprint density at radius 3 is 2.53 bits per heavy atom. The molecule has 0 saturated heterocycles. The summed E-state index contributed by atoms with van der Waals surface area (Å²) in [5.74, 6) is 0.187. The molecule has 0 spiro atoms. The van der Waals surface area contributed by atoms with Crippen LogP contribution in [0.4, 0.5) is 24.7 Å². The predicted octanol–water partition coefficient (Wildman–Crippen LogP) is 3.24. The van der Waals surface area contributed by atoms with Crippen molar-refractivity contribution in [2.24, 2.45) is 0 Å². The summed E-state index contributed by atoms with van der Waals surface area (Å²) in [6.45, 7) is 1.72. The molecule has 0 radical (unpaired) electrons. The standard InChI is InChI=1S/C10H11BrF3N3/c1-5-6(15)4-16-8(7(5)11)17-9(2-3-9)10(12,13)14/h4H,2-3,15H2,1H3,(H,16,17). The van der Waals surface area contributed by atoms with Gasteiger partial charge in [-0.1, -0.05) is 0 Å². The van der Waals surface area contributed by atoms with Crippen molar-refractivity contribution in [1.82, 2.24) is 4.98 Å². The van der Waals surface area contributed by atoms with Crippen LogP contribution in [0, 0.1) is 6.92 Å². The molecule has 0 bridgehead atoms. The van der Waals surface area contributed by atoms with E-state index in [2.05, 4.69) is 26.2 Å². The molecule has 1 aromatic rings. The van der Waals surface area contributed by atoms with Crippen LogP contribution in [-0.2, 0) is 0 Å². The number of nitrogens with one attached hydrogen (secondary N) is 1. The van der Waals surface area contributed by atoms with Crippen molar-refractivity contribution >= 4 is 27.4 Å². The van der Waals surface area contributed by atoms with Crippen LogP contribution >= 0.6 is 15.9 Å². The van der Waals surface area contributed by atoms with Gasteiger partial charge in [0.05, 0.1) is 16.4 Å². The van der Waals surface area contributed by atoms with E-state index in [-0.39, 0.29) is 18.7 Å². The topological polar surface area (TPSA) is 50.9 Å². The van der Waals surface area contributed by atoms with Crippen LogP contribution in [0.3, 0.4) is 0 Å². The number of nitrogens with two attached hydrogens (primary N) is 1. The molecule has 3 N–H and O–H groups in total. The van der Waals surface area contributed by atoms with Crippen LogP contribution in [0.1, 0.15) is 18.4 Å². The van der Waals surface area contributed by atoms with E-state index in [1.54, 1.807) is 6.92 Å². The van der Waals surface area contributed by atoms with Crippen LogP contribution in [0.15, 0.2) is 10.7 Å². The predicted molar refractivity (Wildman–Crippen MR) is 62.7 cm³/mol. The second-order valence-electron chi connectivity index (χ2n) is 4.21. The Balaban J connectivity index is 2.29. The first-order valence-corrected chi connectivity index (χ1v) is 5.82. The van der Waals surface area contributed by atoms with Gasteiger partial charge in [-0.25, -0.2) is 4.98 Å². The van der Waals surface area contributed by atoms with Crippen molar-refractivity contribution in [3.05, 3.63) is 16.2 Å². The summed E-state index contributed by atoms with van der Waals surface area (Å²) in [7, 11) is 0. The first-order valence-electron chi connectivity index (χ1n) is 5.02. The minimum atomic E-state index is -4.26. The molecule has 0 aliphatic heterocycles. The molecule has 3 nitrogen and oxygen atoms in total. The molecule has 1 aliphatic rings. The van der Waals surface area contributed by atoms with Crippen LogP contribution in [0.5, 0.6) is 0 Å². The van der Waals surface area contributed by atoms with Crippen molar-refractivity contribution < 1.29 is 13.2 Å². The van der Waals surface area contributed by atoms with Crippen LogP contribution in [0.2, 0.25) is 0 Å². The molecule has 7 heteroatoms. The molecule has 1 fully saturated rings. The van der Waals surface area contributed by atoms with Gasteiger partial charge < -0.3 is 11.1 Å². The highest BCUT2D eigenvalue weighted by molar-refractivity contribution is 9.10. The monoisotopic (exact) mass is 309 g/mol. The number of halogens is 4. The number of nitrogen functional groups attached to an aromatic ring is 1. The summed E-state index contributed by atoms with van der Waals surface area (Å²) in [5, 5.41) is 2.47. The third kappa shape index (κ3) is 2.08. The first-order chi connectivity index (χ1) is 7.77. The largest absolute Gasteiger partial charge is 0.411 e. The maximum absolute atomic E-state index is 12.8.